The lowest BCUT2D eigenvalue weighted by Gasteiger charge is -2.07. The standard InChI is InChI=1S/C17H19BrN2O/c1-3-20-15(17(18)11(2)19-20)10-16(21)14-8-7-12-5-4-6-13(12)9-14/h7-9H,3-6,10H2,1-2H3. The third kappa shape index (κ3) is 2.69. The number of hydrogen-bond donors (Lipinski definition) is 0. The fourth-order valence-corrected chi connectivity index (χ4v) is 3.46. The number of carbonyl (C=O) groups excluding carboxylic acids is 1. The zero-order valence-electron chi connectivity index (χ0n) is 12.4. The van der Waals surface area contributed by atoms with Crippen molar-refractivity contribution >= 4 is 21.7 Å². The summed E-state index contributed by atoms with van der Waals surface area (Å²) in [5.41, 5.74) is 5.49. The highest BCUT2D eigenvalue weighted by atomic mass is 79.9. The van der Waals surface area contributed by atoms with E-state index in [1.54, 1.807) is 0 Å². The zero-order chi connectivity index (χ0) is 15.0. The van der Waals surface area contributed by atoms with Crippen LogP contribution in [0.3, 0.4) is 0 Å². The third-order valence-electron chi connectivity index (χ3n) is 4.20. The minimum Gasteiger partial charge on any atom is -0.294 e. The highest BCUT2D eigenvalue weighted by Crippen LogP contribution is 2.25. The summed E-state index contributed by atoms with van der Waals surface area (Å²) < 4.78 is 2.86. The van der Waals surface area contributed by atoms with Crippen LogP contribution in [0.25, 0.3) is 0 Å². The maximum atomic E-state index is 12.6. The molecule has 0 bridgehead atoms. The van der Waals surface area contributed by atoms with Gasteiger partial charge in [-0.15, -0.1) is 0 Å². The first-order valence-corrected chi connectivity index (χ1v) is 8.26. The van der Waals surface area contributed by atoms with Gasteiger partial charge in [-0.2, -0.15) is 5.10 Å². The molecular formula is C17H19BrN2O. The first-order chi connectivity index (χ1) is 10.1. The van der Waals surface area contributed by atoms with Crippen molar-refractivity contribution in [2.24, 2.45) is 0 Å². The lowest BCUT2D eigenvalue weighted by molar-refractivity contribution is 0.0990. The van der Waals surface area contributed by atoms with Gasteiger partial charge in [0.1, 0.15) is 0 Å². The predicted octanol–water partition coefficient (Wildman–Crippen LogP) is 3.89. The van der Waals surface area contributed by atoms with E-state index in [4.69, 9.17) is 0 Å². The number of aromatic nitrogens is 2. The van der Waals surface area contributed by atoms with E-state index in [0.717, 1.165) is 40.8 Å². The normalized spacial score (nSPS) is 13.5. The van der Waals surface area contributed by atoms with Crippen molar-refractivity contribution in [2.75, 3.05) is 0 Å². The second kappa shape index (κ2) is 5.76. The summed E-state index contributed by atoms with van der Waals surface area (Å²) in [6.45, 7) is 4.78. The number of Topliss-reactive ketones (excluding diaryl/α,β-unsaturated/α-hetero) is 1. The van der Waals surface area contributed by atoms with E-state index in [0.29, 0.717) is 6.42 Å². The monoisotopic (exact) mass is 346 g/mol. The van der Waals surface area contributed by atoms with Crippen LogP contribution in [0.1, 0.15) is 46.2 Å². The van der Waals surface area contributed by atoms with Crippen molar-refractivity contribution in [2.45, 2.75) is 46.1 Å². The van der Waals surface area contributed by atoms with E-state index < -0.39 is 0 Å². The van der Waals surface area contributed by atoms with Crippen molar-refractivity contribution in [3.05, 3.63) is 50.8 Å². The Kier molecular flexibility index (Phi) is 3.98. The van der Waals surface area contributed by atoms with Crippen LogP contribution in [0.2, 0.25) is 0 Å². The Morgan fingerprint density at radius 2 is 2.10 bits per heavy atom. The number of aryl methyl sites for hydroxylation is 4. The summed E-state index contributed by atoms with van der Waals surface area (Å²) in [5, 5.41) is 4.45. The smallest absolute Gasteiger partial charge is 0.168 e. The number of carbonyl (C=O) groups is 1. The molecule has 3 nitrogen and oxygen atoms in total. The molecule has 0 unspecified atom stereocenters. The highest BCUT2D eigenvalue weighted by Gasteiger charge is 2.18. The van der Waals surface area contributed by atoms with Gasteiger partial charge < -0.3 is 0 Å². The van der Waals surface area contributed by atoms with Gasteiger partial charge in [0.25, 0.3) is 0 Å². The third-order valence-corrected chi connectivity index (χ3v) is 5.23. The summed E-state index contributed by atoms with van der Waals surface area (Å²) in [5.74, 6) is 0.167. The SMILES string of the molecule is CCn1nc(C)c(Br)c1CC(=O)c1ccc2c(c1)CCC2. The van der Waals surface area contributed by atoms with E-state index in [1.165, 1.54) is 17.5 Å². The Labute approximate surface area is 133 Å². The summed E-state index contributed by atoms with van der Waals surface area (Å²) in [6.07, 6.45) is 3.86. The molecule has 0 spiro atoms. The molecule has 0 atom stereocenters. The van der Waals surface area contributed by atoms with Crippen LogP contribution in [0.4, 0.5) is 0 Å². The molecule has 110 valence electrons. The summed E-state index contributed by atoms with van der Waals surface area (Å²) in [4.78, 5) is 12.6. The molecule has 3 rings (SSSR count). The molecule has 1 aliphatic rings. The topological polar surface area (TPSA) is 34.9 Å². The molecule has 0 fully saturated rings. The lowest BCUT2D eigenvalue weighted by Crippen LogP contribution is -2.10. The molecule has 21 heavy (non-hydrogen) atoms. The maximum Gasteiger partial charge on any atom is 0.168 e. The van der Waals surface area contributed by atoms with Gasteiger partial charge in [-0.1, -0.05) is 12.1 Å². The molecule has 0 radical (unpaired) electrons. The summed E-state index contributed by atoms with van der Waals surface area (Å²) in [7, 11) is 0. The van der Waals surface area contributed by atoms with Crippen LogP contribution in [0.5, 0.6) is 0 Å². The second-order valence-electron chi connectivity index (χ2n) is 5.60. The van der Waals surface area contributed by atoms with Gasteiger partial charge in [0.15, 0.2) is 5.78 Å². The lowest BCUT2D eigenvalue weighted by atomic mass is 10.0. The molecule has 2 aromatic rings. The zero-order valence-corrected chi connectivity index (χ0v) is 14.0. The van der Waals surface area contributed by atoms with Gasteiger partial charge in [-0.3, -0.25) is 9.48 Å². The van der Waals surface area contributed by atoms with Gasteiger partial charge in [0, 0.05) is 12.1 Å². The van der Waals surface area contributed by atoms with Crippen molar-refractivity contribution in [3.63, 3.8) is 0 Å². The van der Waals surface area contributed by atoms with Crippen LogP contribution in [0.15, 0.2) is 22.7 Å². The quantitative estimate of drug-likeness (QED) is 0.787. The number of nitrogens with zero attached hydrogens (tertiary/aromatic N) is 2. The molecular weight excluding hydrogens is 328 g/mol. The van der Waals surface area contributed by atoms with E-state index in [2.05, 4.69) is 33.2 Å². The molecule has 0 N–H and O–H groups in total. The Morgan fingerprint density at radius 3 is 2.86 bits per heavy atom. The van der Waals surface area contributed by atoms with Gasteiger partial charge in [-0.25, -0.2) is 0 Å². The largest absolute Gasteiger partial charge is 0.294 e. The molecule has 1 heterocycles. The molecule has 4 heteroatoms. The molecule has 1 aliphatic carbocycles. The molecule has 1 aromatic carbocycles. The Hall–Kier alpha value is -1.42. The number of halogens is 1. The molecule has 0 saturated carbocycles. The number of rotatable bonds is 4. The van der Waals surface area contributed by atoms with Crippen LogP contribution in [0, 0.1) is 6.92 Å². The number of ketones is 1. The fraction of sp³-hybridized carbons (Fsp3) is 0.412. The average Bonchev–Trinajstić information content (AvgIpc) is 3.05. The first-order valence-electron chi connectivity index (χ1n) is 7.47. The van der Waals surface area contributed by atoms with Crippen molar-refractivity contribution < 1.29 is 4.79 Å². The van der Waals surface area contributed by atoms with Gasteiger partial charge in [0.05, 0.1) is 22.3 Å². The van der Waals surface area contributed by atoms with Crippen LogP contribution in [-0.2, 0) is 25.8 Å². The fourth-order valence-electron chi connectivity index (χ4n) is 3.04. The summed E-state index contributed by atoms with van der Waals surface area (Å²) in [6, 6.07) is 6.17. The van der Waals surface area contributed by atoms with Crippen LogP contribution < -0.4 is 0 Å². The van der Waals surface area contributed by atoms with E-state index in [1.807, 2.05) is 24.6 Å². The van der Waals surface area contributed by atoms with Crippen LogP contribution in [-0.4, -0.2) is 15.6 Å². The minimum atomic E-state index is 0.167. The van der Waals surface area contributed by atoms with Gasteiger partial charge in [0.2, 0.25) is 0 Å². The minimum absolute atomic E-state index is 0.167. The Balaban J connectivity index is 1.87. The van der Waals surface area contributed by atoms with Gasteiger partial charge >= 0.3 is 0 Å². The van der Waals surface area contributed by atoms with Crippen LogP contribution >= 0.6 is 15.9 Å². The number of fused-ring (bicyclic) bond motifs is 1. The molecule has 0 amide bonds. The Bertz CT molecular complexity index is 703. The van der Waals surface area contributed by atoms with E-state index >= 15 is 0 Å². The average molecular weight is 347 g/mol. The predicted molar refractivity (Wildman–Crippen MR) is 86.8 cm³/mol. The van der Waals surface area contributed by atoms with E-state index in [9.17, 15) is 4.79 Å². The van der Waals surface area contributed by atoms with Gasteiger partial charge in [-0.05, 0) is 66.2 Å². The highest BCUT2D eigenvalue weighted by molar-refractivity contribution is 9.10. The van der Waals surface area contributed by atoms with Crippen molar-refractivity contribution in [1.82, 2.24) is 9.78 Å². The maximum absolute atomic E-state index is 12.6. The number of benzene rings is 1. The molecule has 0 saturated heterocycles. The van der Waals surface area contributed by atoms with E-state index in [-0.39, 0.29) is 5.78 Å². The second-order valence-corrected chi connectivity index (χ2v) is 6.39. The van der Waals surface area contributed by atoms with Crippen molar-refractivity contribution in [3.8, 4) is 0 Å². The Morgan fingerprint density at radius 1 is 1.33 bits per heavy atom. The molecule has 0 aliphatic heterocycles. The number of hydrogen-bond acceptors (Lipinski definition) is 2. The summed E-state index contributed by atoms with van der Waals surface area (Å²) >= 11 is 3.56. The van der Waals surface area contributed by atoms with Crippen molar-refractivity contribution in [1.29, 1.82) is 0 Å². The molecule has 1 aromatic heterocycles. The first kappa shape index (κ1) is 14.5.